The number of thiazole rings is 1. The van der Waals surface area contributed by atoms with Crippen LogP contribution in [0.15, 0.2) is 48.0 Å². The van der Waals surface area contributed by atoms with Gasteiger partial charge in [0.05, 0.1) is 18.8 Å². The molecule has 134 valence electrons. The van der Waals surface area contributed by atoms with Gasteiger partial charge in [0, 0.05) is 23.7 Å². The molecule has 6 heteroatoms. The number of carbonyl (C=O) groups excluding carboxylic acids is 1. The van der Waals surface area contributed by atoms with Crippen LogP contribution in [0.4, 0.5) is 0 Å². The number of ether oxygens (including phenoxy) is 1. The van der Waals surface area contributed by atoms with E-state index in [1.807, 2.05) is 45.1 Å². The Labute approximate surface area is 156 Å². The van der Waals surface area contributed by atoms with Crippen LogP contribution in [0, 0.1) is 5.92 Å². The van der Waals surface area contributed by atoms with E-state index in [9.17, 15) is 4.79 Å². The number of hydrogen-bond donors (Lipinski definition) is 0. The Morgan fingerprint density at radius 3 is 2.92 bits per heavy atom. The van der Waals surface area contributed by atoms with Gasteiger partial charge in [0.1, 0.15) is 11.4 Å². The van der Waals surface area contributed by atoms with Gasteiger partial charge in [-0.15, -0.1) is 11.3 Å². The van der Waals surface area contributed by atoms with E-state index in [-0.39, 0.29) is 11.9 Å². The molecule has 1 aliphatic rings. The van der Waals surface area contributed by atoms with Gasteiger partial charge < -0.3 is 9.64 Å². The second-order valence-electron chi connectivity index (χ2n) is 6.72. The summed E-state index contributed by atoms with van der Waals surface area (Å²) in [6.45, 7) is 4.94. The standard InChI is InChI=1S/C20H21N3O2S/c1-13(2)16-8-6-10-22(16)19(24)17-12-26-20-21-15(11-23(17)20)14-7-4-5-9-18(14)25-3/h4-9,11-13,16H,10H2,1-3H3. The van der Waals surface area contributed by atoms with Gasteiger partial charge in [-0.3, -0.25) is 9.20 Å². The van der Waals surface area contributed by atoms with Crippen LogP contribution in [-0.2, 0) is 0 Å². The highest BCUT2D eigenvalue weighted by Gasteiger charge is 2.29. The Balaban J connectivity index is 1.72. The molecule has 1 aliphatic heterocycles. The number of methoxy groups -OCH3 is 1. The average molecular weight is 367 g/mol. The Hall–Kier alpha value is -2.60. The van der Waals surface area contributed by atoms with Gasteiger partial charge in [-0.2, -0.15) is 0 Å². The Kier molecular flexibility index (Phi) is 4.28. The van der Waals surface area contributed by atoms with Crippen LogP contribution in [-0.4, -0.2) is 39.9 Å². The molecule has 3 heterocycles. The molecular formula is C20H21N3O2S. The summed E-state index contributed by atoms with van der Waals surface area (Å²) < 4.78 is 7.34. The molecular weight excluding hydrogens is 346 g/mol. The molecule has 0 aliphatic carbocycles. The van der Waals surface area contributed by atoms with Crippen LogP contribution in [0.1, 0.15) is 24.3 Å². The quantitative estimate of drug-likeness (QED) is 0.652. The lowest BCUT2D eigenvalue weighted by Crippen LogP contribution is -2.39. The van der Waals surface area contributed by atoms with E-state index in [1.54, 1.807) is 7.11 Å². The average Bonchev–Trinajstić information content (AvgIpc) is 3.35. The van der Waals surface area contributed by atoms with Crippen molar-refractivity contribution in [1.29, 1.82) is 0 Å². The molecule has 2 aromatic heterocycles. The van der Waals surface area contributed by atoms with Crippen molar-refractivity contribution in [1.82, 2.24) is 14.3 Å². The number of hydrogen-bond acceptors (Lipinski definition) is 4. The minimum Gasteiger partial charge on any atom is -0.496 e. The number of fused-ring (bicyclic) bond motifs is 1. The third kappa shape index (κ3) is 2.70. The molecule has 0 saturated carbocycles. The number of carbonyl (C=O) groups is 1. The summed E-state index contributed by atoms with van der Waals surface area (Å²) in [5.41, 5.74) is 2.39. The molecule has 26 heavy (non-hydrogen) atoms. The summed E-state index contributed by atoms with van der Waals surface area (Å²) in [7, 11) is 1.65. The van der Waals surface area contributed by atoms with Crippen molar-refractivity contribution in [3.8, 4) is 17.0 Å². The van der Waals surface area contributed by atoms with Gasteiger partial charge in [-0.25, -0.2) is 4.98 Å². The SMILES string of the molecule is COc1ccccc1-c1cn2c(C(=O)N3CC=CC3C(C)C)csc2n1. The van der Waals surface area contributed by atoms with Crippen molar-refractivity contribution in [3.05, 3.63) is 53.7 Å². The minimum atomic E-state index is 0.0453. The van der Waals surface area contributed by atoms with E-state index >= 15 is 0 Å². The fourth-order valence-electron chi connectivity index (χ4n) is 3.41. The van der Waals surface area contributed by atoms with E-state index < -0.39 is 0 Å². The molecule has 0 fully saturated rings. The third-order valence-electron chi connectivity index (χ3n) is 4.75. The first-order valence-electron chi connectivity index (χ1n) is 8.67. The maximum Gasteiger partial charge on any atom is 0.272 e. The van der Waals surface area contributed by atoms with Crippen molar-refractivity contribution in [2.75, 3.05) is 13.7 Å². The maximum atomic E-state index is 13.1. The summed E-state index contributed by atoms with van der Waals surface area (Å²) >= 11 is 1.48. The lowest BCUT2D eigenvalue weighted by molar-refractivity contribution is 0.0714. The number of benzene rings is 1. The van der Waals surface area contributed by atoms with Crippen molar-refractivity contribution < 1.29 is 9.53 Å². The van der Waals surface area contributed by atoms with E-state index in [1.165, 1.54) is 11.3 Å². The highest BCUT2D eigenvalue weighted by atomic mass is 32.1. The van der Waals surface area contributed by atoms with Gasteiger partial charge in [0.15, 0.2) is 4.96 Å². The van der Waals surface area contributed by atoms with Crippen molar-refractivity contribution >= 4 is 22.2 Å². The summed E-state index contributed by atoms with van der Waals surface area (Å²) in [6, 6.07) is 7.93. The van der Waals surface area contributed by atoms with Gasteiger partial charge >= 0.3 is 0 Å². The molecule has 1 unspecified atom stereocenters. The number of amides is 1. The van der Waals surface area contributed by atoms with Gasteiger partial charge in [0.2, 0.25) is 0 Å². The Morgan fingerprint density at radius 2 is 2.15 bits per heavy atom. The number of rotatable bonds is 4. The Bertz CT molecular complexity index is 986. The fraction of sp³-hybridized carbons (Fsp3) is 0.300. The maximum absolute atomic E-state index is 13.1. The second-order valence-corrected chi connectivity index (χ2v) is 7.56. The number of nitrogens with zero attached hydrogens (tertiary/aromatic N) is 3. The van der Waals surface area contributed by atoms with Crippen LogP contribution in [0.3, 0.4) is 0 Å². The van der Waals surface area contributed by atoms with E-state index in [4.69, 9.17) is 9.72 Å². The molecule has 0 saturated heterocycles. The third-order valence-corrected chi connectivity index (χ3v) is 5.59. The first-order valence-corrected chi connectivity index (χ1v) is 9.55. The summed E-state index contributed by atoms with van der Waals surface area (Å²) in [4.78, 5) is 20.5. The zero-order valence-corrected chi connectivity index (χ0v) is 15.9. The summed E-state index contributed by atoms with van der Waals surface area (Å²) in [5, 5.41) is 1.90. The van der Waals surface area contributed by atoms with Gasteiger partial charge in [-0.1, -0.05) is 38.1 Å². The highest BCUT2D eigenvalue weighted by molar-refractivity contribution is 7.15. The lowest BCUT2D eigenvalue weighted by atomic mass is 10.0. The number of imidazole rings is 1. The smallest absolute Gasteiger partial charge is 0.272 e. The van der Waals surface area contributed by atoms with Crippen LogP contribution >= 0.6 is 11.3 Å². The Morgan fingerprint density at radius 1 is 1.35 bits per heavy atom. The molecule has 1 aromatic carbocycles. The van der Waals surface area contributed by atoms with Crippen molar-refractivity contribution in [2.24, 2.45) is 5.92 Å². The predicted molar refractivity (Wildman–Crippen MR) is 104 cm³/mol. The first kappa shape index (κ1) is 16.8. The molecule has 0 N–H and O–H groups in total. The van der Waals surface area contributed by atoms with Crippen LogP contribution in [0.2, 0.25) is 0 Å². The van der Waals surface area contributed by atoms with E-state index in [0.29, 0.717) is 18.2 Å². The van der Waals surface area contributed by atoms with Crippen molar-refractivity contribution in [2.45, 2.75) is 19.9 Å². The van der Waals surface area contributed by atoms with Crippen LogP contribution in [0.5, 0.6) is 5.75 Å². The van der Waals surface area contributed by atoms with Crippen LogP contribution in [0.25, 0.3) is 16.2 Å². The normalized spacial score (nSPS) is 16.8. The van der Waals surface area contributed by atoms with Crippen molar-refractivity contribution in [3.63, 3.8) is 0 Å². The predicted octanol–water partition coefficient (Wildman–Crippen LogP) is 4.11. The molecule has 0 bridgehead atoms. The molecule has 0 radical (unpaired) electrons. The molecule has 3 aromatic rings. The lowest BCUT2D eigenvalue weighted by Gasteiger charge is -2.27. The zero-order chi connectivity index (χ0) is 18.3. The van der Waals surface area contributed by atoms with E-state index in [2.05, 4.69) is 26.0 Å². The van der Waals surface area contributed by atoms with Crippen LogP contribution < -0.4 is 4.74 Å². The molecule has 1 atom stereocenters. The number of para-hydroxylation sites is 1. The van der Waals surface area contributed by atoms with Gasteiger partial charge in [0.25, 0.3) is 5.91 Å². The minimum absolute atomic E-state index is 0.0453. The van der Waals surface area contributed by atoms with Gasteiger partial charge in [-0.05, 0) is 18.1 Å². The summed E-state index contributed by atoms with van der Waals surface area (Å²) in [6.07, 6.45) is 6.12. The highest BCUT2D eigenvalue weighted by Crippen LogP contribution is 2.31. The largest absolute Gasteiger partial charge is 0.496 e. The topological polar surface area (TPSA) is 46.8 Å². The zero-order valence-electron chi connectivity index (χ0n) is 15.0. The molecule has 4 rings (SSSR count). The second kappa shape index (κ2) is 6.61. The first-order chi connectivity index (χ1) is 12.6. The number of aromatic nitrogens is 2. The fourth-order valence-corrected chi connectivity index (χ4v) is 4.26. The monoisotopic (exact) mass is 367 g/mol. The molecule has 0 spiro atoms. The molecule has 1 amide bonds. The molecule has 5 nitrogen and oxygen atoms in total. The summed E-state index contributed by atoms with van der Waals surface area (Å²) in [5.74, 6) is 1.21. The van der Waals surface area contributed by atoms with E-state index in [0.717, 1.165) is 22.0 Å².